The molecule has 6 rings (SSSR count). The van der Waals surface area contributed by atoms with E-state index in [1.54, 1.807) is 28.8 Å². The van der Waals surface area contributed by atoms with Crippen molar-refractivity contribution in [1.82, 2.24) is 15.1 Å². The van der Waals surface area contributed by atoms with Crippen LogP contribution in [0.25, 0.3) is 16.9 Å². The van der Waals surface area contributed by atoms with Crippen LogP contribution in [0.2, 0.25) is 0 Å². The number of hydrogen-bond donors (Lipinski definition) is 1. The third-order valence-electron chi connectivity index (χ3n) is 7.99. The van der Waals surface area contributed by atoms with Gasteiger partial charge < -0.3 is 5.32 Å². The van der Waals surface area contributed by atoms with E-state index in [-0.39, 0.29) is 41.7 Å². The largest absolute Gasteiger partial charge is 0.350 e. The Balaban J connectivity index is 1.52. The minimum absolute atomic E-state index is 0.172. The highest BCUT2D eigenvalue weighted by molar-refractivity contribution is 8.00. The zero-order valence-corrected chi connectivity index (χ0v) is 25.7. The Kier molecular flexibility index (Phi) is 8.35. The fourth-order valence-electron chi connectivity index (χ4n) is 5.56. The summed E-state index contributed by atoms with van der Waals surface area (Å²) in [6, 6.07) is 30.4. The van der Waals surface area contributed by atoms with Gasteiger partial charge in [-0.15, -0.1) is 11.8 Å². The standard InChI is InChI=1S/C36H33FN4O2S/c1-23-9-7-13-28(19-23)35-33-34(27-11-5-4-6-12-27)39-41(30-14-8-10-24(2)25(30)3)36(33)40(32(43)22-44-35)21-31(42)38-20-26-15-17-29(37)18-16-26/h4-19,35H,20-22H2,1-3H3,(H,38,42)/t35-/m1/s1. The summed E-state index contributed by atoms with van der Waals surface area (Å²) in [5.41, 5.74) is 8.55. The van der Waals surface area contributed by atoms with Gasteiger partial charge >= 0.3 is 0 Å². The van der Waals surface area contributed by atoms with Crippen molar-refractivity contribution >= 4 is 29.4 Å². The van der Waals surface area contributed by atoms with Crippen molar-refractivity contribution in [3.63, 3.8) is 0 Å². The minimum Gasteiger partial charge on any atom is -0.350 e. The molecule has 1 atom stereocenters. The van der Waals surface area contributed by atoms with Gasteiger partial charge in [0.05, 0.1) is 22.4 Å². The minimum atomic E-state index is -0.336. The molecule has 1 aromatic heterocycles. The number of thioether (sulfide) groups is 1. The molecule has 2 heterocycles. The molecule has 1 aliphatic heterocycles. The topological polar surface area (TPSA) is 67.2 Å². The number of benzene rings is 4. The summed E-state index contributed by atoms with van der Waals surface area (Å²) >= 11 is 1.55. The summed E-state index contributed by atoms with van der Waals surface area (Å²) in [4.78, 5) is 29.0. The second-order valence-corrected chi connectivity index (χ2v) is 12.2. The third kappa shape index (κ3) is 5.90. The molecule has 1 N–H and O–H groups in total. The molecule has 0 fully saturated rings. The van der Waals surface area contributed by atoms with E-state index in [4.69, 9.17) is 5.10 Å². The number of nitrogens with one attached hydrogen (secondary N) is 1. The number of hydrogen-bond acceptors (Lipinski definition) is 4. The quantitative estimate of drug-likeness (QED) is 0.215. The number of amides is 2. The van der Waals surface area contributed by atoms with Crippen LogP contribution in [0.5, 0.6) is 0 Å². The maximum absolute atomic E-state index is 14.0. The number of fused-ring (bicyclic) bond motifs is 1. The van der Waals surface area contributed by atoms with Crippen molar-refractivity contribution in [2.45, 2.75) is 32.6 Å². The van der Waals surface area contributed by atoms with Crippen molar-refractivity contribution < 1.29 is 14.0 Å². The summed E-state index contributed by atoms with van der Waals surface area (Å²) in [7, 11) is 0. The Bertz CT molecular complexity index is 1840. The third-order valence-corrected chi connectivity index (χ3v) is 9.24. The molecule has 0 unspecified atom stereocenters. The van der Waals surface area contributed by atoms with E-state index in [1.807, 2.05) is 60.1 Å². The van der Waals surface area contributed by atoms with Gasteiger partial charge in [0.25, 0.3) is 0 Å². The van der Waals surface area contributed by atoms with Crippen LogP contribution in [0.1, 0.15) is 38.6 Å². The van der Waals surface area contributed by atoms with Crippen LogP contribution in [0.4, 0.5) is 10.2 Å². The highest BCUT2D eigenvalue weighted by atomic mass is 32.2. The van der Waals surface area contributed by atoms with Crippen LogP contribution in [0.3, 0.4) is 0 Å². The maximum atomic E-state index is 14.0. The molecule has 8 heteroatoms. The molecule has 6 nitrogen and oxygen atoms in total. The van der Waals surface area contributed by atoms with Crippen LogP contribution >= 0.6 is 11.8 Å². The number of rotatable bonds is 7. The van der Waals surface area contributed by atoms with Crippen LogP contribution in [0, 0.1) is 26.6 Å². The fourth-order valence-corrected chi connectivity index (χ4v) is 6.75. The van der Waals surface area contributed by atoms with E-state index in [0.29, 0.717) is 5.82 Å². The SMILES string of the molecule is Cc1cccc([C@H]2SCC(=O)N(CC(=O)NCc3ccc(F)cc3)c3c2c(-c2ccccc2)nn3-c2cccc(C)c2C)c1. The Hall–Kier alpha value is -4.69. The molecule has 0 radical (unpaired) electrons. The molecule has 222 valence electrons. The lowest BCUT2D eigenvalue weighted by Crippen LogP contribution is -2.42. The highest BCUT2D eigenvalue weighted by Gasteiger charge is 2.38. The van der Waals surface area contributed by atoms with Crippen molar-refractivity contribution in [3.05, 3.63) is 136 Å². The summed E-state index contributed by atoms with van der Waals surface area (Å²) in [6.07, 6.45) is 0. The molecule has 2 amide bonds. The summed E-state index contributed by atoms with van der Waals surface area (Å²) in [5, 5.41) is 7.93. The molecule has 0 bridgehead atoms. The zero-order chi connectivity index (χ0) is 30.8. The number of carbonyl (C=O) groups excluding carboxylic acids is 2. The Morgan fingerprint density at radius 3 is 2.45 bits per heavy atom. The van der Waals surface area contributed by atoms with Crippen LogP contribution < -0.4 is 10.2 Å². The normalized spacial score (nSPS) is 14.7. The number of carbonyl (C=O) groups is 2. The smallest absolute Gasteiger partial charge is 0.240 e. The van der Waals surface area contributed by atoms with E-state index in [1.165, 1.54) is 12.1 Å². The maximum Gasteiger partial charge on any atom is 0.240 e. The highest BCUT2D eigenvalue weighted by Crippen LogP contribution is 2.48. The number of aryl methyl sites for hydroxylation is 2. The second kappa shape index (κ2) is 12.5. The number of anilines is 1. The summed E-state index contributed by atoms with van der Waals surface area (Å²) < 4.78 is 15.3. The first-order valence-electron chi connectivity index (χ1n) is 14.5. The average Bonchev–Trinajstić information content (AvgIpc) is 3.34. The lowest BCUT2D eigenvalue weighted by Gasteiger charge is -2.24. The molecule has 0 aliphatic carbocycles. The molecule has 5 aromatic rings. The van der Waals surface area contributed by atoms with Gasteiger partial charge in [0, 0.05) is 17.7 Å². The summed E-state index contributed by atoms with van der Waals surface area (Å²) in [5.74, 6) is -0.0371. The molecule has 1 aliphatic rings. The van der Waals surface area contributed by atoms with E-state index < -0.39 is 0 Å². The predicted octanol–water partition coefficient (Wildman–Crippen LogP) is 7.09. The van der Waals surface area contributed by atoms with Gasteiger partial charge in [-0.25, -0.2) is 9.07 Å². The Labute approximate surface area is 260 Å². The lowest BCUT2D eigenvalue weighted by atomic mass is 9.98. The monoisotopic (exact) mass is 604 g/mol. The molecular weight excluding hydrogens is 571 g/mol. The van der Waals surface area contributed by atoms with Crippen LogP contribution in [0.15, 0.2) is 97.1 Å². The predicted molar refractivity (Wildman–Crippen MR) is 175 cm³/mol. The van der Waals surface area contributed by atoms with Gasteiger partial charge in [0.1, 0.15) is 18.2 Å². The molecule has 4 aromatic carbocycles. The van der Waals surface area contributed by atoms with Crippen molar-refractivity contribution in [1.29, 1.82) is 0 Å². The fraction of sp³-hybridized carbons (Fsp3) is 0.194. The second-order valence-electron chi connectivity index (χ2n) is 11.1. The van der Waals surface area contributed by atoms with E-state index >= 15 is 0 Å². The van der Waals surface area contributed by atoms with Gasteiger partial charge in [0.2, 0.25) is 11.8 Å². The van der Waals surface area contributed by atoms with Crippen LogP contribution in [-0.4, -0.2) is 33.9 Å². The van der Waals surface area contributed by atoms with Crippen molar-refractivity contribution in [3.8, 4) is 16.9 Å². The Morgan fingerprint density at radius 2 is 1.70 bits per heavy atom. The van der Waals surface area contributed by atoms with Gasteiger partial charge in [-0.05, 0) is 61.2 Å². The lowest BCUT2D eigenvalue weighted by molar-refractivity contribution is -0.123. The molecule has 0 saturated heterocycles. The Morgan fingerprint density at radius 1 is 0.955 bits per heavy atom. The molecule has 0 saturated carbocycles. The van der Waals surface area contributed by atoms with Gasteiger partial charge in [-0.1, -0.05) is 84.4 Å². The van der Waals surface area contributed by atoms with E-state index in [2.05, 4.69) is 43.4 Å². The van der Waals surface area contributed by atoms with E-state index in [9.17, 15) is 14.0 Å². The number of halogens is 1. The molecule has 0 spiro atoms. The van der Waals surface area contributed by atoms with Crippen LogP contribution in [-0.2, 0) is 16.1 Å². The molecular formula is C36H33FN4O2S. The summed E-state index contributed by atoms with van der Waals surface area (Å²) in [6.45, 7) is 6.20. The molecule has 44 heavy (non-hydrogen) atoms. The first-order chi connectivity index (χ1) is 21.3. The van der Waals surface area contributed by atoms with Gasteiger partial charge in [0.15, 0.2) is 0 Å². The number of aromatic nitrogens is 2. The average molecular weight is 605 g/mol. The first-order valence-corrected chi connectivity index (χ1v) is 15.6. The van der Waals surface area contributed by atoms with Gasteiger partial charge in [-0.2, -0.15) is 5.10 Å². The zero-order valence-electron chi connectivity index (χ0n) is 24.9. The van der Waals surface area contributed by atoms with Crippen molar-refractivity contribution in [2.75, 3.05) is 17.2 Å². The number of nitrogens with zero attached hydrogens (tertiary/aromatic N) is 3. The first kappa shape index (κ1) is 29.4. The van der Waals surface area contributed by atoms with E-state index in [0.717, 1.165) is 50.3 Å². The van der Waals surface area contributed by atoms with Gasteiger partial charge in [-0.3, -0.25) is 14.5 Å². The van der Waals surface area contributed by atoms with Crippen molar-refractivity contribution in [2.24, 2.45) is 0 Å².